The molecule has 1 N–H and O–H groups in total. The third-order valence-electron chi connectivity index (χ3n) is 4.06. The van der Waals surface area contributed by atoms with Crippen LogP contribution < -0.4 is 15.0 Å². The fourth-order valence-corrected chi connectivity index (χ4v) is 2.96. The number of hydrogen-bond donors (Lipinski definition) is 1. The standard InChI is InChI=1S/C17H23N5OS/c1-21-8-10-22(11-9-21)16-12-15(19-17(20-16)24-3)18-13-4-6-14(23-2)7-5-13/h4-7,12H,8-11H2,1-3H3,(H,18,19,20). The molecule has 0 aliphatic carbocycles. The van der Waals surface area contributed by atoms with Gasteiger partial charge in [0.05, 0.1) is 7.11 Å². The Bertz CT molecular complexity index is 671. The number of anilines is 3. The molecule has 7 heteroatoms. The maximum atomic E-state index is 5.20. The molecular formula is C17H23N5OS. The van der Waals surface area contributed by atoms with Crippen molar-refractivity contribution in [2.24, 2.45) is 0 Å². The molecule has 1 fully saturated rings. The summed E-state index contributed by atoms with van der Waals surface area (Å²) in [4.78, 5) is 13.9. The molecule has 0 unspecified atom stereocenters. The largest absolute Gasteiger partial charge is 0.497 e. The average molecular weight is 345 g/mol. The van der Waals surface area contributed by atoms with Crippen molar-refractivity contribution in [2.45, 2.75) is 5.16 Å². The number of ether oxygens (including phenoxy) is 1. The predicted octanol–water partition coefficient (Wildman–Crippen LogP) is 2.70. The topological polar surface area (TPSA) is 53.5 Å². The summed E-state index contributed by atoms with van der Waals surface area (Å²) in [6.07, 6.45) is 2.00. The molecule has 1 aromatic heterocycles. The van der Waals surface area contributed by atoms with E-state index < -0.39 is 0 Å². The molecule has 2 aromatic rings. The summed E-state index contributed by atoms with van der Waals surface area (Å²) in [6.45, 7) is 4.09. The highest BCUT2D eigenvalue weighted by molar-refractivity contribution is 7.98. The first-order valence-corrected chi connectivity index (χ1v) is 9.18. The van der Waals surface area contributed by atoms with E-state index >= 15 is 0 Å². The van der Waals surface area contributed by atoms with Gasteiger partial charge in [0.2, 0.25) is 0 Å². The molecule has 0 saturated carbocycles. The molecule has 24 heavy (non-hydrogen) atoms. The van der Waals surface area contributed by atoms with E-state index in [2.05, 4.69) is 32.1 Å². The molecule has 2 heterocycles. The van der Waals surface area contributed by atoms with Gasteiger partial charge in [0.25, 0.3) is 0 Å². The Kier molecular flexibility index (Phi) is 5.42. The van der Waals surface area contributed by atoms with Crippen LogP contribution in [-0.4, -0.2) is 61.5 Å². The Morgan fingerprint density at radius 2 is 1.79 bits per heavy atom. The summed E-state index contributed by atoms with van der Waals surface area (Å²) in [5.41, 5.74) is 0.978. The number of rotatable bonds is 5. The number of nitrogens with one attached hydrogen (secondary N) is 1. The van der Waals surface area contributed by atoms with Gasteiger partial charge in [-0.25, -0.2) is 9.97 Å². The van der Waals surface area contributed by atoms with E-state index in [0.29, 0.717) is 0 Å². The second-order valence-electron chi connectivity index (χ2n) is 5.74. The van der Waals surface area contributed by atoms with Gasteiger partial charge >= 0.3 is 0 Å². The third kappa shape index (κ3) is 4.10. The molecule has 6 nitrogen and oxygen atoms in total. The molecule has 3 rings (SSSR count). The van der Waals surface area contributed by atoms with Crippen LogP contribution in [0, 0.1) is 0 Å². The highest BCUT2D eigenvalue weighted by Gasteiger charge is 2.17. The Morgan fingerprint density at radius 3 is 2.42 bits per heavy atom. The van der Waals surface area contributed by atoms with E-state index in [0.717, 1.165) is 54.4 Å². The van der Waals surface area contributed by atoms with E-state index in [1.807, 2.05) is 36.6 Å². The van der Waals surface area contributed by atoms with Gasteiger partial charge in [0, 0.05) is 37.9 Å². The monoisotopic (exact) mass is 345 g/mol. The normalized spacial score (nSPS) is 15.4. The molecule has 1 saturated heterocycles. The second kappa shape index (κ2) is 7.72. The van der Waals surface area contributed by atoms with Crippen molar-refractivity contribution in [1.29, 1.82) is 0 Å². The van der Waals surface area contributed by atoms with Crippen molar-refractivity contribution in [2.75, 3.05) is 56.8 Å². The first-order valence-electron chi connectivity index (χ1n) is 7.95. The van der Waals surface area contributed by atoms with E-state index in [9.17, 15) is 0 Å². The summed E-state index contributed by atoms with van der Waals surface area (Å²) >= 11 is 1.56. The zero-order valence-corrected chi connectivity index (χ0v) is 15.1. The van der Waals surface area contributed by atoms with Gasteiger partial charge in [0.1, 0.15) is 17.4 Å². The van der Waals surface area contributed by atoms with Gasteiger partial charge in [-0.05, 0) is 37.6 Å². The van der Waals surface area contributed by atoms with Crippen LogP contribution in [0.4, 0.5) is 17.3 Å². The Morgan fingerprint density at radius 1 is 1.08 bits per heavy atom. The van der Waals surface area contributed by atoms with Crippen molar-refractivity contribution >= 4 is 29.1 Å². The Hall–Kier alpha value is -1.99. The third-order valence-corrected chi connectivity index (χ3v) is 4.61. The Balaban J connectivity index is 1.80. The minimum Gasteiger partial charge on any atom is -0.497 e. The van der Waals surface area contributed by atoms with Gasteiger partial charge in [-0.15, -0.1) is 0 Å². The molecule has 1 aliphatic rings. The molecule has 1 aromatic carbocycles. The van der Waals surface area contributed by atoms with Crippen LogP contribution in [0.1, 0.15) is 0 Å². The molecular weight excluding hydrogens is 322 g/mol. The summed E-state index contributed by atoms with van der Waals surface area (Å²) < 4.78 is 5.20. The lowest BCUT2D eigenvalue weighted by atomic mass is 10.3. The molecule has 0 amide bonds. The van der Waals surface area contributed by atoms with Crippen LogP contribution in [0.15, 0.2) is 35.5 Å². The van der Waals surface area contributed by atoms with Gasteiger partial charge in [-0.1, -0.05) is 11.8 Å². The van der Waals surface area contributed by atoms with E-state index in [1.165, 1.54) is 0 Å². The molecule has 0 bridgehead atoms. The predicted molar refractivity (Wildman–Crippen MR) is 99.8 cm³/mol. The number of benzene rings is 1. The summed E-state index contributed by atoms with van der Waals surface area (Å²) in [7, 11) is 3.82. The van der Waals surface area contributed by atoms with Crippen molar-refractivity contribution in [3.05, 3.63) is 30.3 Å². The fraction of sp³-hybridized carbons (Fsp3) is 0.412. The number of aromatic nitrogens is 2. The fourth-order valence-electron chi connectivity index (χ4n) is 2.59. The van der Waals surface area contributed by atoms with Gasteiger partial charge in [0.15, 0.2) is 5.16 Å². The maximum absolute atomic E-state index is 5.20. The highest BCUT2D eigenvalue weighted by atomic mass is 32.2. The highest BCUT2D eigenvalue weighted by Crippen LogP contribution is 2.24. The van der Waals surface area contributed by atoms with Gasteiger partial charge in [-0.3, -0.25) is 0 Å². The van der Waals surface area contributed by atoms with E-state index in [-0.39, 0.29) is 0 Å². The zero-order chi connectivity index (χ0) is 16.9. The van der Waals surface area contributed by atoms with E-state index in [1.54, 1.807) is 18.9 Å². The minimum absolute atomic E-state index is 0.780. The number of nitrogens with zero attached hydrogens (tertiary/aromatic N) is 4. The lowest BCUT2D eigenvalue weighted by Crippen LogP contribution is -2.44. The second-order valence-corrected chi connectivity index (χ2v) is 6.52. The summed E-state index contributed by atoms with van der Waals surface area (Å²) in [5, 5.41) is 4.14. The van der Waals surface area contributed by atoms with Gasteiger partial charge < -0.3 is 19.9 Å². The number of thioether (sulfide) groups is 1. The van der Waals surface area contributed by atoms with E-state index in [4.69, 9.17) is 4.74 Å². The lowest BCUT2D eigenvalue weighted by molar-refractivity contribution is 0.312. The number of hydrogen-bond acceptors (Lipinski definition) is 7. The van der Waals surface area contributed by atoms with Crippen molar-refractivity contribution < 1.29 is 4.74 Å². The van der Waals surface area contributed by atoms with Crippen LogP contribution in [0.25, 0.3) is 0 Å². The maximum Gasteiger partial charge on any atom is 0.191 e. The average Bonchev–Trinajstić information content (AvgIpc) is 2.62. The molecule has 0 radical (unpaired) electrons. The molecule has 0 atom stereocenters. The van der Waals surface area contributed by atoms with Crippen molar-refractivity contribution in [3.63, 3.8) is 0 Å². The SMILES string of the molecule is COc1ccc(Nc2cc(N3CCN(C)CC3)nc(SC)n2)cc1. The smallest absolute Gasteiger partial charge is 0.191 e. The van der Waals surface area contributed by atoms with Crippen LogP contribution >= 0.6 is 11.8 Å². The van der Waals surface area contributed by atoms with Crippen LogP contribution in [0.3, 0.4) is 0 Å². The van der Waals surface area contributed by atoms with Crippen LogP contribution in [0.2, 0.25) is 0 Å². The van der Waals surface area contributed by atoms with Crippen molar-refractivity contribution in [1.82, 2.24) is 14.9 Å². The number of piperazine rings is 1. The summed E-state index contributed by atoms with van der Waals surface area (Å²) in [6, 6.07) is 9.85. The van der Waals surface area contributed by atoms with Crippen LogP contribution in [0.5, 0.6) is 5.75 Å². The molecule has 0 spiro atoms. The van der Waals surface area contributed by atoms with Gasteiger partial charge in [-0.2, -0.15) is 0 Å². The van der Waals surface area contributed by atoms with Crippen LogP contribution in [-0.2, 0) is 0 Å². The minimum atomic E-state index is 0.780. The quantitative estimate of drug-likeness (QED) is 0.660. The van der Waals surface area contributed by atoms with Crippen molar-refractivity contribution in [3.8, 4) is 5.75 Å². The Labute approximate surface area is 147 Å². The first-order chi connectivity index (χ1) is 11.7. The zero-order valence-electron chi connectivity index (χ0n) is 14.3. The number of likely N-dealkylation sites (N-methyl/N-ethyl adjacent to an activating group) is 1. The first kappa shape index (κ1) is 16.9. The summed E-state index contributed by atoms with van der Waals surface area (Å²) in [5.74, 6) is 2.64. The lowest BCUT2D eigenvalue weighted by Gasteiger charge is -2.33. The molecule has 1 aliphatic heterocycles. The molecule has 128 valence electrons. The number of methoxy groups -OCH3 is 1.